The van der Waals surface area contributed by atoms with Crippen LogP contribution in [0, 0.1) is 18.3 Å². The van der Waals surface area contributed by atoms with Crippen LogP contribution in [0.25, 0.3) is 0 Å². The molecule has 7 nitrogen and oxygen atoms in total. The maximum absolute atomic E-state index is 12.2. The summed E-state index contributed by atoms with van der Waals surface area (Å²) in [5.41, 5.74) is 6.47. The third kappa shape index (κ3) is 2.67. The summed E-state index contributed by atoms with van der Waals surface area (Å²) >= 11 is 0. The molecule has 0 aliphatic heterocycles. The molecule has 20 heavy (non-hydrogen) atoms. The second-order valence-electron chi connectivity index (χ2n) is 3.99. The van der Waals surface area contributed by atoms with E-state index in [1.165, 1.54) is 6.07 Å². The predicted octanol–water partition coefficient (Wildman–Crippen LogP) is 1.04. The molecule has 0 radical (unpaired) electrons. The van der Waals surface area contributed by atoms with Gasteiger partial charge < -0.3 is 5.73 Å². The van der Waals surface area contributed by atoms with Crippen molar-refractivity contribution in [2.45, 2.75) is 11.8 Å². The lowest BCUT2D eigenvalue weighted by molar-refractivity contribution is 0.600. The summed E-state index contributed by atoms with van der Waals surface area (Å²) in [7, 11) is -3.86. The molecule has 0 saturated carbocycles. The Labute approximate surface area is 116 Å². The SMILES string of the molecule is Cc1cccc(NS(=O)(=O)c2cnc(N)nc2)c1C#N. The monoisotopic (exact) mass is 289 g/mol. The van der Waals surface area contributed by atoms with Gasteiger partial charge in [-0.05, 0) is 18.6 Å². The van der Waals surface area contributed by atoms with Crippen molar-refractivity contribution in [2.75, 3.05) is 10.5 Å². The van der Waals surface area contributed by atoms with Crippen molar-refractivity contribution in [2.24, 2.45) is 0 Å². The predicted molar refractivity (Wildman–Crippen MR) is 73.1 cm³/mol. The third-order valence-corrected chi connectivity index (χ3v) is 3.91. The molecule has 0 amide bonds. The quantitative estimate of drug-likeness (QED) is 0.870. The molecule has 1 aromatic heterocycles. The minimum Gasteiger partial charge on any atom is -0.368 e. The number of nitriles is 1. The minimum absolute atomic E-state index is 0.0165. The molecule has 2 rings (SSSR count). The molecule has 0 bridgehead atoms. The summed E-state index contributed by atoms with van der Waals surface area (Å²) < 4.78 is 26.6. The van der Waals surface area contributed by atoms with E-state index in [4.69, 9.17) is 11.0 Å². The Morgan fingerprint density at radius 2 is 1.95 bits per heavy atom. The van der Waals surface area contributed by atoms with Crippen LogP contribution in [0.2, 0.25) is 0 Å². The number of nitrogens with one attached hydrogen (secondary N) is 1. The molecule has 0 atom stereocenters. The van der Waals surface area contributed by atoms with Crippen LogP contribution < -0.4 is 10.5 Å². The molecule has 0 fully saturated rings. The van der Waals surface area contributed by atoms with Crippen molar-refractivity contribution in [3.8, 4) is 6.07 Å². The van der Waals surface area contributed by atoms with Crippen LogP contribution in [0.5, 0.6) is 0 Å². The van der Waals surface area contributed by atoms with Crippen molar-refractivity contribution < 1.29 is 8.42 Å². The van der Waals surface area contributed by atoms with Gasteiger partial charge in [-0.1, -0.05) is 12.1 Å². The number of sulfonamides is 1. The van der Waals surface area contributed by atoms with E-state index in [0.717, 1.165) is 12.4 Å². The number of nitrogens with zero attached hydrogens (tertiary/aromatic N) is 3. The van der Waals surface area contributed by atoms with Gasteiger partial charge >= 0.3 is 0 Å². The highest BCUT2D eigenvalue weighted by Crippen LogP contribution is 2.21. The first-order valence-corrected chi connectivity index (χ1v) is 7.02. The Balaban J connectivity index is 2.42. The molecule has 0 saturated heterocycles. The van der Waals surface area contributed by atoms with Gasteiger partial charge in [-0.3, -0.25) is 4.72 Å². The van der Waals surface area contributed by atoms with E-state index in [-0.39, 0.29) is 22.1 Å². The van der Waals surface area contributed by atoms with Crippen molar-refractivity contribution >= 4 is 21.7 Å². The summed E-state index contributed by atoms with van der Waals surface area (Å²) in [6.07, 6.45) is 2.21. The van der Waals surface area contributed by atoms with Crippen LogP contribution >= 0.6 is 0 Å². The van der Waals surface area contributed by atoms with Gasteiger partial charge in [0, 0.05) is 0 Å². The number of hydrogen-bond donors (Lipinski definition) is 2. The second-order valence-corrected chi connectivity index (χ2v) is 5.67. The van der Waals surface area contributed by atoms with E-state index in [1.807, 2.05) is 6.07 Å². The van der Waals surface area contributed by atoms with Gasteiger partial charge in [-0.15, -0.1) is 0 Å². The van der Waals surface area contributed by atoms with Crippen LogP contribution in [0.1, 0.15) is 11.1 Å². The maximum Gasteiger partial charge on any atom is 0.265 e. The number of anilines is 2. The molecule has 3 N–H and O–H groups in total. The van der Waals surface area contributed by atoms with Crippen molar-refractivity contribution in [3.05, 3.63) is 41.7 Å². The van der Waals surface area contributed by atoms with E-state index in [1.54, 1.807) is 19.1 Å². The van der Waals surface area contributed by atoms with Crippen molar-refractivity contribution in [1.82, 2.24) is 9.97 Å². The second kappa shape index (κ2) is 5.14. The van der Waals surface area contributed by atoms with Crippen LogP contribution in [0.4, 0.5) is 11.6 Å². The number of rotatable bonds is 3. The van der Waals surface area contributed by atoms with Crippen LogP contribution in [0.3, 0.4) is 0 Å². The Morgan fingerprint density at radius 3 is 2.55 bits per heavy atom. The first-order valence-electron chi connectivity index (χ1n) is 5.54. The summed E-state index contributed by atoms with van der Waals surface area (Å²) in [6.45, 7) is 1.72. The molecule has 102 valence electrons. The summed E-state index contributed by atoms with van der Waals surface area (Å²) in [4.78, 5) is 7.13. The molecule has 8 heteroatoms. The number of hydrogen-bond acceptors (Lipinski definition) is 6. The van der Waals surface area contributed by atoms with Crippen LogP contribution in [-0.2, 0) is 10.0 Å². The van der Waals surface area contributed by atoms with Gasteiger partial charge in [0.05, 0.1) is 23.6 Å². The molecule has 0 aliphatic rings. The molecular weight excluding hydrogens is 278 g/mol. The highest BCUT2D eigenvalue weighted by Gasteiger charge is 2.17. The Kier molecular flexibility index (Phi) is 3.54. The first-order chi connectivity index (χ1) is 9.44. The van der Waals surface area contributed by atoms with Crippen molar-refractivity contribution in [3.63, 3.8) is 0 Å². The Hall–Kier alpha value is -2.66. The number of benzene rings is 1. The van der Waals surface area contributed by atoms with E-state index in [0.29, 0.717) is 5.56 Å². The van der Waals surface area contributed by atoms with Gasteiger partial charge in [0.1, 0.15) is 11.0 Å². The van der Waals surface area contributed by atoms with Gasteiger partial charge in [0.15, 0.2) is 0 Å². The zero-order valence-corrected chi connectivity index (χ0v) is 11.3. The minimum atomic E-state index is -3.86. The fourth-order valence-electron chi connectivity index (χ4n) is 1.57. The number of aromatic nitrogens is 2. The standard InChI is InChI=1S/C12H11N5O2S/c1-8-3-2-4-11(10(8)5-13)17-20(18,19)9-6-15-12(14)16-7-9/h2-4,6-7,17H,1H3,(H2,14,15,16). The van der Waals surface area contributed by atoms with Gasteiger partial charge in [0.2, 0.25) is 5.95 Å². The maximum atomic E-state index is 12.2. The Morgan fingerprint density at radius 1 is 1.30 bits per heavy atom. The zero-order chi connectivity index (χ0) is 14.8. The number of nitrogens with two attached hydrogens (primary N) is 1. The average Bonchev–Trinajstić information content (AvgIpc) is 2.39. The van der Waals surface area contributed by atoms with E-state index in [2.05, 4.69) is 14.7 Å². The smallest absolute Gasteiger partial charge is 0.265 e. The molecule has 0 aliphatic carbocycles. The van der Waals surface area contributed by atoms with Crippen LogP contribution in [-0.4, -0.2) is 18.4 Å². The normalized spacial score (nSPS) is 10.8. The highest BCUT2D eigenvalue weighted by molar-refractivity contribution is 7.92. The average molecular weight is 289 g/mol. The topological polar surface area (TPSA) is 122 Å². The lowest BCUT2D eigenvalue weighted by Gasteiger charge is -2.10. The summed E-state index contributed by atoms with van der Waals surface area (Å²) in [5, 5.41) is 9.08. The molecule has 1 aromatic carbocycles. The summed E-state index contributed by atoms with van der Waals surface area (Å²) in [5.74, 6) is -0.0165. The Bertz CT molecular complexity index is 778. The van der Waals surface area contributed by atoms with E-state index >= 15 is 0 Å². The largest absolute Gasteiger partial charge is 0.368 e. The van der Waals surface area contributed by atoms with Gasteiger partial charge in [0.25, 0.3) is 10.0 Å². The summed E-state index contributed by atoms with van der Waals surface area (Å²) in [6, 6.07) is 6.87. The molecule has 1 heterocycles. The molecule has 0 unspecified atom stereocenters. The highest BCUT2D eigenvalue weighted by atomic mass is 32.2. The van der Waals surface area contributed by atoms with Gasteiger partial charge in [-0.2, -0.15) is 5.26 Å². The van der Waals surface area contributed by atoms with Gasteiger partial charge in [-0.25, -0.2) is 18.4 Å². The lowest BCUT2D eigenvalue weighted by Crippen LogP contribution is -2.15. The fourth-order valence-corrected chi connectivity index (χ4v) is 2.53. The zero-order valence-electron chi connectivity index (χ0n) is 10.5. The van der Waals surface area contributed by atoms with Crippen molar-refractivity contribution in [1.29, 1.82) is 5.26 Å². The van der Waals surface area contributed by atoms with E-state index < -0.39 is 10.0 Å². The lowest BCUT2D eigenvalue weighted by atomic mass is 10.1. The third-order valence-electron chi connectivity index (χ3n) is 2.59. The molecule has 2 aromatic rings. The van der Waals surface area contributed by atoms with Crippen LogP contribution in [0.15, 0.2) is 35.5 Å². The fraction of sp³-hybridized carbons (Fsp3) is 0.0833. The molecular formula is C12H11N5O2S. The number of aryl methyl sites for hydroxylation is 1. The first kappa shape index (κ1) is 13.8. The number of nitrogen functional groups attached to an aromatic ring is 1. The van der Waals surface area contributed by atoms with E-state index in [9.17, 15) is 8.42 Å². The molecule has 0 spiro atoms.